The molecule has 0 radical (unpaired) electrons. The Morgan fingerprint density at radius 1 is 1.39 bits per heavy atom. The van der Waals surface area contributed by atoms with Gasteiger partial charge in [0.1, 0.15) is 0 Å². The van der Waals surface area contributed by atoms with E-state index in [4.69, 9.17) is 33.7 Å². The first-order valence-corrected chi connectivity index (χ1v) is 6.82. The minimum Gasteiger partial charge on any atom is -0.396 e. The van der Waals surface area contributed by atoms with Gasteiger partial charge in [0, 0.05) is 18.7 Å². The maximum atomic E-state index is 6.01. The zero-order chi connectivity index (χ0) is 13.2. The second kappa shape index (κ2) is 5.66. The zero-order valence-electron chi connectivity index (χ0n) is 10.4. The molecule has 0 amide bonds. The third-order valence-electron chi connectivity index (χ3n) is 3.30. The lowest BCUT2D eigenvalue weighted by atomic mass is 9.94. The molecule has 1 saturated heterocycles. The normalized spacial score (nSPS) is 24.2. The van der Waals surface area contributed by atoms with Gasteiger partial charge in [-0.3, -0.25) is 0 Å². The van der Waals surface area contributed by atoms with E-state index in [1.807, 2.05) is 12.1 Å². The molecule has 1 aromatic carbocycles. The first-order valence-electron chi connectivity index (χ1n) is 6.06. The van der Waals surface area contributed by atoms with Crippen LogP contribution in [0.1, 0.15) is 25.3 Å². The average molecular weight is 289 g/mol. The van der Waals surface area contributed by atoms with Crippen LogP contribution < -0.4 is 11.1 Å². The van der Waals surface area contributed by atoms with Crippen molar-refractivity contribution in [3.8, 4) is 0 Å². The Morgan fingerprint density at radius 2 is 2.06 bits per heavy atom. The number of anilines is 1. The highest BCUT2D eigenvalue weighted by atomic mass is 35.5. The van der Waals surface area contributed by atoms with Gasteiger partial charge in [-0.05, 0) is 37.5 Å². The van der Waals surface area contributed by atoms with E-state index in [1.165, 1.54) is 0 Å². The Morgan fingerprint density at radius 3 is 2.61 bits per heavy atom. The van der Waals surface area contributed by atoms with E-state index in [0.29, 0.717) is 22.3 Å². The van der Waals surface area contributed by atoms with E-state index in [2.05, 4.69) is 12.2 Å². The van der Waals surface area contributed by atoms with Crippen LogP contribution in [-0.4, -0.2) is 18.8 Å². The van der Waals surface area contributed by atoms with E-state index < -0.39 is 0 Å². The van der Waals surface area contributed by atoms with Crippen LogP contribution in [-0.2, 0) is 11.3 Å². The number of ether oxygens (including phenoxy) is 1. The summed E-state index contributed by atoms with van der Waals surface area (Å²) in [6.45, 7) is 4.48. The molecule has 1 aromatic rings. The lowest BCUT2D eigenvalue weighted by Gasteiger charge is -2.34. The number of nitrogens with one attached hydrogen (secondary N) is 1. The summed E-state index contributed by atoms with van der Waals surface area (Å²) >= 11 is 12.0. The molecule has 0 saturated carbocycles. The fraction of sp³-hybridized carbons (Fsp3) is 0.538. The van der Waals surface area contributed by atoms with Gasteiger partial charge in [0.05, 0.1) is 22.3 Å². The van der Waals surface area contributed by atoms with Gasteiger partial charge in [-0.15, -0.1) is 0 Å². The summed E-state index contributed by atoms with van der Waals surface area (Å²) in [4.78, 5) is 0. The number of nitrogen functional groups attached to an aromatic ring is 1. The molecule has 1 fully saturated rings. The molecule has 3 nitrogen and oxygen atoms in total. The Bertz CT molecular complexity index is 408. The molecule has 3 N–H and O–H groups in total. The summed E-state index contributed by atoms with van der Waals surface area (Å²) in [6, 6.07) is 3.70. The summed E-state index contributed by atoms with van der Waals surface area (Å²) in [6.07, 6.45) is 2.20. The fourth-order valence-corrected chi connectivity index (χ4v) is 2.66. The molecule has 1 aliphatic heterocycles. The van der Waals surface area contributed by atoms with Crippen LogP contribution in [0.25, 0.3) is 0 Å². The van der Waals surface area contributed by atoms with Crippen LogP contribution in [0.4, 0.5) is 5.69 Å². The van der Waals surface area contributed by atoms with E-state index in [-0.39, 0.29) is 5.54 Å². The van der Waals surface area contributed by atoms with Crippen molar-refractivity contribution in [2.24, 2.45) is 0 Å². The maximum Gasteiger partial charge on any atom is 0.0693 e. The van der Waals surface area contributed by atoms with E-state index in [9.17, 15) is 0 Å². The molecule has 0 spiro atoms. The van der Waals surface area contributed by atoms with Gasteiger partial charge in [-0.2, -0.15) is 0 Å². The van der Waals surface area contributed by atoms with Gasteiger partial charge in [-0.1, -0.05) is 23.2 Å². The Balaban J connectivity index is 2.01. The third-order valence-corrected chi connectivity index (χ3v) is 3.92. The molecule has 2 rings (SSSR count). The van der Waals surface area contributed by atoms with Crippen molar-refractivity contribution >= 4 is 28.9 Å². The highest BCUT2D eigenvalue weighted by Gasteiger charge is 2.26. The minimum absolute atomic E-state index is 0.0264. The molecule has 100 valence electrons. The summed E-state index contributed by atoms with van der Waals surface area (Å²) in [7, 11) is 0. The van der Waals surface area contributed by atoms with Gasteiger partial charge >= 0.3 is 0 Å². The topological polar surface area (TPSA) is 47.3 Å². The van der Waals surface area contributed by atoms with Gasteiger partial charge in [0.15, 0.2) is 0 Å². The number of nitrogens with two attached hydrogens (primary N) is 1. The number of hydrogen-bond acceptors (Lipinski definition) is 3. The second-order valence-electron chi connectivity index (χ2n) is 5.04. The summed E-state index contributed by atoms with van der Waals surface area (Å²) < 4.78 is 5.51. The standard InChI is InChI=1S/C13H18Cl2N2O/c1-13(3-2-4-18-8-13)17-7-9-5-10(14)12(16)11(15)6-9/h5-6,17H,2-4,7-8,16H2,1H3. The SMILES string of the molecule is CC1(NCc2cc(Cl)c(N)c(Cl)c2)CCCOC1. The lowest BCUT2D eigenvalue weighted by Crippen LogP contribution is -2.48. The van der Waals surface area contributed by atoms with Crippen LogP contribution in [0.3, 0.4) is 0 Å². The number of benzene rings is 1. The Kier molecular flexibility index (Phi) is 4.38. The van der Waals surface area contributed by atoms with Crippen molar-refractivity contribution in [2.75, 3.05) is 18.9 Å². The lowest BCUT2D eigenvalue weighted by molar-refractivity contribution is 0.0278. The molecule has 1 heterocycles. The summed E-state index contributed by atoms with van der Waals surface area (Å²) in [5, 5.41) is 4.51. The van der Waals surface area contributed by atoms with Crippen LogP contribution in [0, 0.1) is 0 Å². The Labute approximate surface area is 118 Å². The van der Waals surface area contributed by atoms with Crippen LogP contribution >= 0.6 is 23.2 Å². The molecule has 0 aliphatic carbocycles. The predicted molar refractivity (Wildman–Crippen MR) is 76.2 cm³/mol. The number of hydrogen-bond donors (Lipinski definition) is 2. The molecule has 5 heteroatoms. The van der Waals surface area contributed by atoms with Crippen molar-refractivity contribution in [2.45, 2.75) is 31.8 Å². The largest absolute Gasteiger partial charge is 0.396 e. The molecule has 18 heavy (non-hydrogen) atoms. The van der Waals surface area contributed by atoms with Gasteiger partial charge in [-0.25, -0.2) is 0 Å². The van der Waals surface area contributed by atoms with E-state index in [1.54, 1.807) is 0 Å². The second-order valence-corrected chi connectivity index (χ2v) is 5.86. The van der Waals surface area contributed by atoms with Crippen molar-refractivity contribution in [1.29, 1.82) is 0 Å². The predicted octanol–water partition coefficient (Wildman–Crippen LogP) is 3.23. The molecule has 0 aromatic heterocycles. The maximum absolute atomic E-state index is 6.01. The van der Waals surface area contributed by atoms with E-state index in [0.717, 1.165) is 31.6 Å². The quantitative estimate of drug-likeness (QED) is 0.840. The van der Waals surface area contributed by atoms with Crippen LogP contribution in [0.5, 0.6) is 0 Å². The molecular formula is C13H18Cl2N2O. The average Bonchev–Trinajstić information content (AvgIpc) is 2.34. The minimum atomic E-state index is 0.0264. The van der Waals surface area contributed by atoms with Gasteiger partial charge < -0.3 is 15.8 Å². The molecule has 1 aliphatic rings. The number of halogens is 2. The Hall–Kier alpha value is -0.480. The highest BCUT2D eigenvalue weighted by Crippen LogP contribution is 2.29. The summed E-state index contributed by atoms with van der Waals surface area (Å²) in [5.74, 6) is 0. The fourth-order valence-electron chi connectivity index (χ4n) is 2.13. The third kappa shape index (κ3) is 3.29. The van der Waals surface area contributed by atoms with Crippen LogP contribution in [0.2, 0.25) is 10.0 Å². The smallest absolute Gasteiger partial charge is 0.0693 e. The first-order chi connectivity index (χ1) is 8.50. The van der Waals surface area contributed by atoms with Crippen molar-refractivity contribution < 1.29 is 4.74 Å². The van der Waals surface area contributed by atoms with E-state index >= 15 is 0 Å². The molecule has 0 bridgehead atoms. The van der Waals surface area contributed by atoms with Gasteiger partial charge in [0.25, 0.3) is 0 Å². The zero-order valence-corrected chi connectivity index (χ0v) is 11.9. The van der Waals surface area contributed by atoms with Crippen molar-refractivity contribution in [3.63, 3.8) is 0 Å². The van der Waals surface area contributed by atoms with Crippen molar-refractivity contribution in [3.05, 3.63) is 27.7 Å². The molecule has 1 unspecified atom stereocenters. The van der Waals surface area contributed by atoms with Gasteiger partial charge in [0.2, 0.25) is 0 Å². The van der Waals surface area contributed by atoms with Crippen LogP contribution in [0.15, 0.2) is 12.1 Å². The monoisotopic (exact) mass is 288 g/mol. The summed E-state index contributed by atoms with van der Waals surface area (Å²) in [5.41, 5.74) is 7.21. The number of rotatable bonds is 3. The molecular weight excluding hydrogens is 271 g/mol. The van der Waals surface area contributed by atoms with Crippen molar-refractivity contribution in [1.82, 2.24) is 5.32 Å². The highest BCUT2D eigenvalue weighted by molar-refractivity contribution is 6.38. The first kappa shape index (κ1) is 13.9. The molecule has 1 atom stereocenters.